The highest BCUT2D eigenvalue weighted by Crippen LogP contribution is 2.25. The predicted octanol–water partition coefficient (Wildman–Crippen LogP) is 3.52. The van der Waals surface area contributed by atoms with Gasteiger partial charge in [-0.2, -0.15) is 0 Å². The molecule has 0 saturated carbocycles. The minimum Gasteiger partial charge on any atom is -0.379 e. The Bertz CT molecular complexity index is 655. The van der Waals surface area contributed by atoms with E-state index in [-0.39, 0.29) is 11.9 Å². The molecule has 134 valence electrons. The van der Waals surface area contributed by atoms with Gasteiger partial charge in [0.2, 0.25) is 5.91 Å². The van der Waals surface area contributed by atoms with Crippen LogP contribution >= 0.6 is 22.9 Å². The second kappa shape index (κ2) is 9.34. The highest BCUT2D eigenvalue weighted by Gasteiger charge is 2.23. The van der Waals surface area contributed by atoms with E-state index in [2.05, 4.69) is 27.7 Å². The third-order valence-electron chi connectivity index (χ3n) is 4.40. The smallest absolute Gasteiger partial charge is 0.220 e. The summed E-state index contributed by atoms with van der Waals surface area (Å²) < 4.78 is 5.45. The molecule has 0 spiro atoms. The first-order valence-corrected chi connectivity index (χ1v) is 9.84. The van der Waals surface area contributed by atoms with E-state index < -0.39 is 0 Å². The second-order valence-electron chi connectivity index (χ2n) is 6.11. The van der Waals surface area contributed by atoms with Crippen LogP contribution in [0.1, 0.15) is 22.9 Å². The standard InChI is InChI=1S/C19H23ClN2O2S/c20-16-6-3-15(4-7-16)5-8-19(23)21-14-17(18-2-1-13-25-18)22-9-11-24-12-10-22/h1-4,6-7,13,17H,5,8-12,14H2,(H,21,23)/t17-/m0/s1. The van der Waals surface area contributed by atoms with Gasteiger partial charge in [0, 0.05) is 36.0 Å². The summed E-state index contributed by atoms with van der Waals surface area (Å²) in [6.07, 6.45) is 1.21. The first kappa shape index (κ1) is 18.4. The van der Waals surface area contributed by atoms with Gasteiger partial charge >= 0.3 is 0 Å². The molecule has 1 aliphatic rings. The van der Waals surface area contributed by atoms with Gasteiger partial charge in [-0.15, -0.1) is 11.3 Å². The minimum absolute atomic E-state index is 0.0877. The minimum atomic E-state index is 0.0877. The van der Waals surface area contributed by atoms with E-state index in [0.29, 0.717) is 13.0 Å². The highest BCUT2D eigenvalue weighted by molar-refractivity contribution is 7.10. The Balaban J connectivity index is 1.51. The van der Waals surface area contributed by atoms with Crippen molar-refractivity contribution in [2.24, 2.45) is 0 Å². The van der Waals surface area contributed by atoms with Crippen LogP contribution in [0.3, 0.4) is 0 Å². The Labute approximate surface area is 157 Å². The fourth-order valence-electron chi connectivity index (χ4n) is 2.99. The van der Waals surface area contributed by atoms with Gasteiger partial charge < -0.3 is 10.1 Å². The number of halogens is 1. The number of aryl methyl sites for hydroxylation is 1. The maximum Gasteiger partial charge on any atom is 0.220 e. The van der Waals surface area contributed by atoms with Crippen molar-refractivity contribution in [3.05, 3.63) is 57.2 Å². The van der Waals surface area contributed by atoms with Crippen LogP contribution in [0.2, 0.25) is 5.02 Å². The molecule has 1 aromatic carbocycles. The van der Waals surface area contributed by atoms with Crippen LogP contribution in [-0.2, 0) is 16.0 Å². The third-order valence-corrected chi connectivity index (χ3v) is 5.63. The molecule has 0 unspecified atom stereocenters. The number of nitrogens with one attached hydrogen (secondary N) is 1. The van der Waals surface area contributed by atoms with E-state index in [4.69, 9.17) is 16.3 Å². The van der Waals surface area contributed by atoms with E-state index in [9.17, 15) is 4.79 Å². The van der Waals surface area contributed by atoms with Crippen molar-refractivity contribution < 1.29 is 9.53 Å². The van der Waals surface area contributed by atoms with Crippen LogP contribution in [-0.4, -0.2) is 43.7 Å². The van der Waals surface area contributed by atoms with Crippen molar-refractivity contribution in [3.8, 4) is 0 Å². The molecule has 1 saturated heterocycles. The summed E-state index contributed by atoms with van der Waals surface area (Å²) in [5.74, 6) is 0.0877. The van der Waals surface area contributed by atoms with Gasteiger partial charge in [0.1, 0.15) is 0 Å². The van der Waals surface area contributed by atoms with Gasteiger partial charge in [-0.05, 0) is 35.6 Å². The largest absolute Gasteiger partial charge is 0.379 e. The molecular formula is C19H23ClN2O2S. The molecule has 6 heteroatoms. The van der Waals surface area contributed by atoms with Gasteiger partial charge in [0.25, 0.3) is 0 Å². The first-order chi connectivity index (χ1) is 12.2. The van der Waals surface area contributed by atoms with E-state index in [1.54, 1.807) is 11.3 Å². The van der Waals surface area contributed by atoms with Crippen LogP contribution in [0.4, 0.5) is 0 Å². The topological polar surface area (TPSA) is 41.6 Å². The lowest BCUT2D eigenvalue weighted by atomic mass is 10.1. The predicted molar refractivity (Wildman–Crippen MR) is 102 cm³/mol. The van der Waals surface area contributed by atoms with Gasteiger partial charge in [-0.1, -0.05) is 29.8 Å². The van der Waals surface area contributed by atoms with Crippen molar-refractivity contribution in [3.63, 3.8) is 0 Å². The van der Waals surface area contributed by atoms with Crippen molar-refractivity contribution in [2.75, 3.05) is 32.8 Å². The Morgan fingerprint density at radius 3 is 2.68 bits per heavy atom. The zero-order valence-electron chi connectivity index (χ0n) is 14.1. The maximum absolute atomic E-state index is 12.3. The number of ether oxygens (including phenoxy) is 1. The lowest BCUT2D eigenvalue weighted by Gasteiger charge is -2.34. The van der Waals surface area contributed by atoms with Crippen molar-refractivity contribution in [2.45, 2.75) is 18.9 Å². The summed E-state index contributed by atoms with van der Waals surface area (Å²) >= 11 is 7.63. The molecule has 1 aliphatic heterocycles. The number of thiophene rings is 1. The van der Waals surface area contributed by atoms with Crippen molar-refractivity contribution in [1.29, 1.82) is 0 Å². The lowest BCUT2D eigenvalue weighted by Crippen LogP contribution is -2.43. The fourth-order valence-corrected chi connectivity index (χ4v) is 3.97. The summed E-state index contributed by atoms with van der Waals surface area (Å²) in [5.41, 5.74) is 1.13. The molecule has 1 fully saturated rings. The molecule has 25 heavy (non-hydrogen) atoms. The normalized spacial score (nSPS) is 16.5. The molecule has 0 radical (unpaired) electrons. The molecule has 3 rings (SSSR count). The number of nitrogens with zero attached hydrogens (tertiary/aromatic N) is 1. The number of rotatable bonds is 7. The van der Waals surface area contributed by atoms with Crippen molar-refractivity contribution in [1.82, 2.24) is 10.2 Å². The van der Waals surface area contributed by atoms with E-state index in [0.717, 1.165) is 43.3 Å². The number of amides is 1. The average molecular weight is 379 g/mol. The molecule has 2 heterocycles. The Hall–Kier alpha value is -1.40. The lowest BCUT2D eigenvalue weighted by molar-refractivity contribution is -0.121. The van der Waals surface area contributed by atoms with Crippen LogP contribution in [0.5, 0.6) is 0 Å². The number of hydrogen-bond acceptors (Lipinski definition) is 4. The SMILES string of the molecule is O=C(CCc1ccc(Cl)cc1)NC[C@@H](c1cccs1)N1CCOCC1. The third kappa shape index (κ3) is 5.54. The summed E-state index contributed by atoms with van der Waals surface area (Å²) in [6.45, 7) is 3.96. The molecular weight excluding hydrogens is 356 g/mol. The quantitative estimate of drug-likeness (QED) is 0.801. The first-order valence-electron chi connectivity index (χ1n) is 8.59. The fraction of sp³-hybridized carbons (Fsp3) is 0.421. The number of hydrogen-bond donors (Lipinski definition) is 1. The molecule has 1 amide bonds. The molecule has 0 bridgehead atoms. The molecule has 4 nitrogen and oxygen atoms in total. The molecule has 0 aliphatic carbocycles. The van der Waals surface area contributed by atoms with Gasteiger partial charge in [-0.25, -0.2) is 0 Å². The number of carbonyl (C=O) groups excluding carboxylic acids is 1. The summed E-state index contributed by atoms with van der Waals surface area (Å²) in [6, 6.07) is 12.1. The van der Waals surface area contributed by atoms with E-state index in [1.165, 1.54) is 4.88 Å². The van der Waals surface area contributed by atoms with Gasteiger partial charge in [-0.3, -0.25) is 9.69 Å². The summed E-state index contributed by atoms with van der Waals surface area (Å²) in [5, 5.41) is 5.92. The zero-order valence-corrected chi connectivity index (χ0v) is 15.7. The second-order valence-corrected chi connectivity index (χ2v) is 7.53. The van der Waals surface area contributed by atoms with Crippen molar-refractivity contribution >= 4 is 28.8 Å². The highest BCUT2D eigenvalue weighted by atomic mass is 35.5. The van der Waals surface area contributed by atoms with E-state index in [1.807, 2.05) is 24.3 Å². The van der Waals surface area contributed by atoms with E-state index >= 15 is 0 Å². The summed E-state index contributed by atoms with van der Waals surface area (Å²) in [4.78, 5) is 16.0. The average Bonchev–Trinajstić information content (AvgIpc) is 3.17. The Morgan fingerprint density at radius 2 is 2.00 bits per heavy atom. The summed E-state index contributed by atoms with van der Waals surface area (Å²) in [7, 11) is 0. The van der Waals surface area contributed by atoms with Gasteiger partial charge in [0.15, 0.2) is 0 Å². The van der Waals surface area contributed by atoms with Crippen LogP contribution in [0.25, 0.3) is 0 Å². The van der Waals surface area contributed by atoms with Crippen LogP contribution in [0, 0.1) is 0 Å². The molecule has 1 atom stereocenters. The molecule has 1 N–H and O–H groups in total. The van der Waals surface area contributed by atoms with Gasteiger partial charge in [0.05, 0.1) is 19.3 Å². The Morgan fingerprint density at radius 1 is 1.24 bits per heavy atom. The number of benzene rings is 1. The number of morpholine rings is 1. The monoisotopic (exact) mass is 378 g/mol. The Kier molecular flexibility index (Phi) is 6.87. The molecule has 2 aromatic rings. The maximum atomic E-state index is 12.3. The van der Waals surface area contributed by atoms with Crippen LogP contribution in [0.15, 0.2) is 41.8 Å². The molecule has 1 aromatic heterocycles. The number of carbonyl (C=O) groups is 1. The van der Waals surface area contributed by atoms with Crippen LogP contribution < -0.4 is 5.32 Å². The zero-order chi connectivity index (χ0) is 17.5.